The average molecular weight is 655 g/mol. The molecule has 2 aromatic heterocycles. The fourth-order valence-corrected chi connectivity index (χ4v) is 6.01. The summed E-state index contributed by atoms with van der Waals surface area (Å²) in [6, 6.07) is 15.8. The minimum atomic E-state index is -0.943. The van der Waals surface area contributed by atoms with E-state index in [9.17, 15) is 14.4 Å². The van der Waals surface area contributed by atoms with E-state index in [1.54, 1.807) is 48.7 Å². The number of pyridine rings is 1. The van der Waals surface area contributed by atoms with Crippen molar-refractivity contribution in [2.24, 2.45) is 17.6 Å². The van der Waals surface area contributed by atoms with Crippen LogP contribution in [-0.2, 0) is 20.7 Å². The normalized spacial score (nSPS) is 16.8. The molecule has 0 saturated heterocycles. The summed E-state index contributed by atoms with van der Waals surface area (Å²) < 4.78 is 10.8. The molecule has 1 fully saturated rings. The molecule has 252 valence electrons. The van der Waals surface area contributed by atoms with Gasteiger partial charge < -0.3 is 20.5 Å². The topological polar surface area (TPSA) is 178 Å². The number of hydrogen-bond acceptors (Lipinski definition) is 9. The van der Waals surface area contributed by atoms with Gasteiger partial charge in [0.25, 0.3) is 0 Å². The zero-order valence-electron chi connectivity index (χ0n) is 27.7. The van der Waals surface area contributed by atoms with Crippen molar-refractivity contribution >= 4 is 23.6 Å². The van der Waals surface area contributed by atoms with Gasteiger partial charge in [-0.25, -0.2) is 4.79 Å². The SMILES string of the molecule is COc1cnccc1-c1ccc(C[C@@H](C(N)=O)N(C(=O)C2CCC(CNC(=O)OC(C)(C)C)CC2)c2ccc(-c3nn[nH]n3)cc2)cc1. The molecule has 2 heterocycles. The van der Waals surface area contributed by atoms with Crippen LogP contribution in [0.2, 0.25) is 0 Å². The molecule has 13 heteroatoms. The molecule has 0 unspecified atom stereocenters. The number of nitrogens with one attached hydrogen (secondary N) is 2. The van der Waals surface area contributed by atoms with Crippen molar-refractivity contribution in [2.75, 3.05) is 18.6 Å². The van der Waals surface area contributed by atoms with E-state index in [1.165, 1.54) is 0 Å². The number of ether oxygens (including phenoxy) is 2. The van der Waals surface area contributed by atoms with E-state index < -0.39 is 23.6 Å². The van der Waals surface area contributed by atoms with Crippen LogP contribution in [0, 0.1) is 11.8 Å². The van der Waals surface area contributed by atoms with Crippen molar-refractivity contribution in [1.29, 1.82) is 0 Å². The van der Waals surface area contributed by atoms with E-state index in [2.05, 4.69) is 30.9 Å². The number of nitrogens with two attached hydrogens (primary N) is 1. The first kappa shape index (κ1) is 34.0. The van der Waals surface area contributed by atoms with Gasteiger partial charge >= 0.3 is 6.09 Å². The molecule has 5 rings (SSSR count). The molecule has 0 bridgehead atoms. The minimum Gasteiger partial charge on any atom is -0.494 e. The number of benzene rings is 2. The lowest BCUT2D eigenvalue weighted by molar-refractivity contribution is -0.127. The molecule has 48 heavy (non-hydrogen) atoms. The molecular weight excluding hydrogens is 612 g/mol. The maximum Gasteiger partial charge on any atom is 0.407 e. The Morgan fingerprint density at radius 2 is 1.69 bits per heavy atom. The van der Waals surface area contributed by atoms with Gasteiger partial charge in [0.05, 0.1) is 13.3 Å². The van der Waals surface area contributed by atoms with E-state index in [4.69, 9.17) is 15.2 Å². The van der Waals surface area contributed by atoms with Crippen LogP contribution in [0.15, 0.2) is 67.0 Å². The number of aromatic amines is 1. The third-order valence-corrected chi connectivity index (χ3v) is 8.45. The van der Waals surface area contributed by atoms with Gasteiger partial charge in [0.15, 0.2) is 0 Å². The zero-order chi connectivity index (χ0) is 34.3. The van der Waals surface area contributed by atoms with Crippen LogP contribution in [0.25, 0.3) is 22.5 Å². The van der Waals surface area contributed by atoms with Crippen molar-refractivity contribution in [3.8, 4) is 28.3 Å². The Hall–Kier alpha value is -5.33. The summed E-state index contributed by atoms with van der Waals surface area (Å²) in [6.45, 7) is 5.94. The fraction of sp³-hybridized carbons (Fsp3) is 0.400. The lowest BCUT2D eigenvalue weighted by Crippen LogP contribution is -2.52. The number of rotatable bonds is 11. The minimum absolute atomic E-state index is 0.164. The number of carbonyl (C=O) groups excluding carboxylic acids is 3. The van der Waals surface area contributed by atoms with Crippen LogP contribution in [0.4, 0.5) is 10.5 Å². The number of alkyl carbamates (subject to hydrolysis) is 1. The monoisotopic (exact) mass is 654 g/mol. The molecule has 4 N–H and O–H groups in total. The zero-order valence-corrected chi connectivity index (χ0v) is 27.7. The van der Waals surface area contributed by atoms with Gasteiger partial charge in [-0.05, 0) is 99.0 Å². The first-order chi connectivity index (χ1) is 23.0. The molecule has 0 spiro atoms. The number of aromatic nitrogens is 5. The van der Waals surface area contributed by atoms with Crippen LogP contribution in [0.1, 0.15) is 52.0 Å². The second-order valence-corrected chi connectivity index (χ2v) is 13.0. The van der Waals surface area contributed by atoms with Gasteiger partial charge in [0, 0.05) is 41.9 Å². The third kappa shape index (κ3) is 8.52. The fourth-order valence-electron chi connectivity index (χ4n) is 6.01. The summed E-state index contributed by atoms with van der Waals surface area (Å²) in [5, 5.41) is 17.0. The number of nitrogens with zero attached hydrogens (tertiary/aromatic N) is 5. The molecule has 1 atom stereocenters. The number of carbonyl (C=O) groups is 3. The van der Waals surface area contributed by atoms with Crippen molar-refractivity contribution < 1.29 is 23.9 Å². The number of amides is 3. The summed E-state index contributed by atoms with van der Waals surface area (Å²) in [7, 11) is 1.60. The number of tetrazole rings is 1. The highest BCUT2D eigenvalue weighted by Crippen LogP contribution is 2.34. The van der Waals surface area contributed by atoms with E-state index in [0.717, 1.165) is 29.5 Å². The highest BCUT2D eigenvalue weighted by Gasteiger charge is 2.36. The number of H-pyrrole nitrogens is 1. The van der Waals surface area contributed by atoms with Gasteiger partial charge in [-0.1, -0.05) is 24.3 Å². The van der Waals surface area contributed by atoms with Gasteiger partial charge in [0.2, 0.25) is 17.6 Å². The number of primary amides is 1. The summed E-state index contributed by atoms with van der Waals surface area (Å²) in [6.07, 6.45) is 5.86. The summed E-state index contributed by atoms with van der Waals surface area (Å²) >= 11 is 0. The maximum atomic E-state index is 14.4. The molecule has 0 radical (unpaired) electrons. The number of hydrogen-bond donors (Lipinski definition) is 3. The van der Waals surface area contributed by atoms with Crippen LogP contribution >= 0.6 is 0 Å². The highest BCUT2D eigenvalue weighted by molar-refractivity contribution is 6.01. The van der Waals surface area contributed by atoms with E-state index in [-0.39, 0.29) is 24.2 Å². The number of methoxy groups -OCH3 is 1. The summed E-state index contributed by atoms with van der Waals surface area (Å²) in [5.74, 6) is 0.187. The third-order valence-electron chi connectivity index (χ3n) is 8.45. The molecule has 1 aliphatic rings. The Labute approximate surface area is 279 Å². The van der Waals surface area contributed by atoms with Gasteiger partial charge in [-0.15, -0.1) is 10.2 Å². The summed E-state index contributed by atoms with van der Waals surface area (Å²) in [4.78, 5) is 45.4. The van der Waals surface area contributed by atoms with Gasteiger partial charge in [0.1, 0.15) is 17.4 Å². The molecule has 3 amide bonds. The predicted octanol–water partition coefficient (Wildman–Crippen LogP) is 4.70. The van der Waals surface area contributed by atoms with E-state index in [1.807, 2.05) is 51.1 Å². The van der Waals surface area contributed by atoms with Crippen molar-refractivity contribution in [3.05, 3.63) is 72.6 Å². The largest absolute Gasteiger partial charge is 0.494 e. The Morgan fingerprint density at radius 1 is 1.00 bits per heavy atom. The standard InChI is InChI=1S/C35H42N8O5/c1-35(2,3)48-34(46)38-20-23-7-11-26(12-8-23)33(45)43(27-15-13-25(14-16-27)32-39-41-42-40-32)29(31(36)44)19-22-5-9-24(10-6-22)28-17-18-37-21-30(28)47-4/h5-6,9-10,13-18,21,23,26,29H,7-8,11-12,19-20H2,1-4H3,(H2,36,44)(H,38,46)(H,39,40,41,42)/t23?,26?,29-/m0/s1. The van der Waals surface area contributed by atoms with Crippen molar-refractivity contribution in [1.82, 2.24) is 30.9 Å². The second kappa shape index (κ2) is 15.1. The van der Waals surface area contributed by atoms with Gasteiger partial charge in [-0.3, -0.25) is 19.5 Å². The molecule has 0 aliphatic heterocycles. The molecule has 1 aliphatic carbocycles. The second-order valence-electron chi connectivity index (χ2n) is 13.0. The first-order valence-electron chi connectivity index (χ1n) is 16.0. The number of anilines is 1. The Morgan fingerprint density at radius 3 is 2.29 bits per heavy atom. The van der Waals surface area contributed by atoms with Crippen LogP contribution in [-0.4, -0.2) is 68.8 Å². The lowest BCUT2D eigenvalue weighted by Gasteiger charge is -2.36. The lowest BCUT2D eigenvalue weighted by atomic mass is 9.81. The van der Waals surface area contributed by atoms with Crippen LogP contribution in [0.3, 0.4) is 0 Å². The molecule has 4 aromatic rings. The highest BCUT2D eigenvalue weighted by atomic mass is 16.6. The van der Waals surface area contributed by atoms with Crippen LogP contribution < -0.4 is 20.7 Å². The molecule has 13 nitrogen and oxygen atoms in total. The van der Waals surface area contributed by atoms with E-state index in [0.29, 0.717) is 42.2 Å². The average Bonchev–Trinajstić information content (AvgIpc) is 3.62. The molecule has 2 aromatic carbocycles. The molecular formula is C35H42N8O5. The molecule has 1 saturated carbocycles. The maximum absolute atomic E-state index is 14.4. The quantitative estimate of drug-likeness (QED) is 0.207. The Bertz CT molecular complexity index is 1680. The Balaban J connectivity index is 1.35. The summed E-state index contributed by atoms with van der Waals surface area (Å²) in [5.41, 5.74) is 9.38. The smallest absolute Gasteiger partial charge is 0.407 e. The predicted molar refractivity (Wildman–Crippen MR) is 180 cm³/mol. The Kier molecular flexibility index (Phi) is 10.7. The van der Waals surface area contributed by atoms with Gasteiger partial charge in [-0.2, -0.15) is 5.21 Å². The van der Waals surface area contributed by atoms with E-state index >= 15 is 0 Å². The van der Waals surface area contributed by atoms with Crippen molar-refractivity contribution in [2.45, 2.75) is 64.5 Å². The van der Waals surface area contributed by atoms with Crippen LogP contribution in [0.5, 0.6) is 5.75 Å². The van der Waals surface area contributed by atoms with Crippen molar-refractivity contribution in [3.63, 3.8) is 0 Å². The first-order valence-corrected chi connectivity index (χ1v) is 16.0.